The second-order valence-corrected chi connectivity index (χ2v) is 17.8. The molecule has 1 heterocycles. The van der Waals surface area contributed by atoms with Gasteiger partial charge in [0.25, 0.3) is 0 Å². The molecule has 0 bridgehead atoms. The minimum Gasteiger partial charge on any atom is -0.460 e. The average molecular weight is 766 g/mol. The summed E-state index contributed by atoms with van der Waals surface area (Å²) in [4.78, 5) is 105. The van der Waals surface area contributed by atoms with Crippen LogP contribution in [-0.4, -0.2) is 88.5 Å². The molecule has 1 saturated heterocycles. The van der Waals surface area contributed by atoms with Crippen LogP contribution < -0.4 is 16.0 Å². The molecule has 0 spiro atoms. The van der Waals surface area contributed by atoms with Gasteiger partial charge in [0, 0.05) is 37.6 Å². The Kier molecular flexibility index (Phi) is 19.2. The van der Waals surface area contributed by atoms with Crippen LogP contribution in [-0.2, 0) is 52.6 Å². The largest absolute Gasteiger partial charge is 0.460 e. The summed E-state index contributed by atoms with van der Waals surface area (Å²) in [6, 6.07) is -2.31. The number of amides is 2. The molecule has 3 N–H and O–H groups in total. The maximum atomic E-state index is 14.0. The zero-order chi connectivity index (χ0) is 41.6. The molecule has 1 aliphatic heterocycles. The van der Waals surface area contributed by atoms with E-state index in [9.17, 15) is 38.4 Å². The molecule has 0 aromatic carbocycles. The van der Waals surface area contributed by atoms with Crippen molar-refractivity contribution in [1.82, 2.24) is 16.0 Å². The summed E-state index contributed by atoms with van der Waals surface area (Å²) in [6.45, 7) is 20.8. The summed E-state index contributed by atoms with van der Waals surface area (Å²) in [5.74, 6) is -7.20. The fourth-order valence-corrected chi connectivity index (χ4v) is 6.00. The lowest BCUT2D eigenvalue weighted by atomic mass is 9.86. The highest BCUT2D eigenvalue weighted by Gasteiger charge is 2.36. The summed E-state index contributed by atoms with van der Waals surface area (Å²) in [5.41, 5.74) is -2.46. The number of hydrogen-bond donors (Lipinski definition) is 3. The van der Waals surface area contributed by atoms with Crippen molar-refractivity contribution in [2.24, 2.45) is 17.8 Å². The standard InChI is InChI=1S/C40H67N3O11/c1-24(2)28(37(51)43-30(23-35(49)54-40(10,11)12)31(45)17-15-27-14-13-19-41-27)22-32(46)29(16-18-33(47)52-38(4,5)6)42-36(50)26(20-25(3)44)21-34(48)53-39(7,8)9/h24,26-30,41H,13-23H2,1-12H3,(H,42,50)(H,43,51)/t26-,27-,28-,29-,30-/m0/s1. The van der Waals surface area contributed by atoms with Gasteiger partial charge < -0.3 is 35.0 Å². The van der Waals surface area contributed by atoms with Crippen LogP contribution in [0.5, 0.6) is 0 Å². The highest BCUT2D eigenvalue weighted by atomic mass is 16.6. The van der Waals surface area contributed by atoms with Gasteiger partial charge in [-0.3, -0.25) is 33.6 Å². The maximum absolute atomic E-state index is 14.0. The van der Waals surface area contributed by atoms with Crippen LogP contribution in [0.1, 0.15) is 147 Å². The first-order valence-corrected chi connectivity index (χ1v) is 19.2. The number of ketones is 3. The minimum absolute atomic E-state index is 0.125. The smallest absolute Gasteiger partial charge is 0.308 e. The van der Waals surface area contributed by atoms with Crippen molar-refractivity contribution in [3.05, 3.63) is 0 Å². The second-order valence-electron chi connectivity index (χ2n) is 17.8. The number of rotatable bonds is 21. The van der Waals surface area contributed by atoms with Crippen LogP contribution in [0, 0.1) is 17.8 Å². The van der Waals surface area contributed by atoms with Gasteiger partial charge in [-0.1, -0.05) is 13.8 Å². The van der Waals surface area contributed by atoms with Crippen molar-refractivity contribution < 1.29 is 52.6 Å². The van der Waals surface area contributed by atoms with E-state index >= 15 is 0 Å². The summed E-state index contributed by atoms with van der Waals surface area (Å²) < 4.78 is 16.2. The molecule has 0 unspecified atom stereocenters. The molecule has 0 saturated carbocycles. The lowest BCUT2D eigenvalue weighted by Crippen LogP contribution is -2.49. The molecule has 0 aromatic heterocycles. The first-order valence-electron chi connectivity index (χ1n) is 19.2. The first kappa shape index (κ1) is 48.3. The number of carbonyl (C=O) groups is 8. The molecule has 0 radical (unpaired) electrons. The van der Waals surface area contributed by atoms with Crippen molar-refractivity contribution in [3.8, 4) is 0 Å². The number of carbonyl (C=O) groups excluding carboxylic acids is 8. The normalized spacial score (nSPS) is 17.1. The molecule has 14 heteroatoms. The van der Waals surface area contributed by atoms with Crippen LogP contribution in [0.15, 0.2) is 0 Å². The van der Waals surface area contributed by atoms with Crippen molar-refractivity contribution in [1.29, 1.82) is 0 Å². The molecular weight excluding hydrogens is 698 g/mol. The predicted molar refractivity (Wildman–Crippen MR) is 202 cm³/mol. The third-order valence-electron chi connectivity index (χ3n) is 8.46. The van der Waals surface area contributed by atoms with Crippen molar-refractivity contribution in [2.45, 2.75) is 182 Å². The van der Waals surface area contributed by atoms with Gasteiger partial charge in [-0.05, 0) is 107 Å². The van der Waals surface area contributed by atoms with Gasteiger partial charge in [0.15, 0.2) is 11.6 Å². The second kappa shape index (κ2) is 21.4. The van der Waals surface area contributed by atoms with E-state index in [0.29, 0.717) is 6.42 Å². The highest BCUT2D eigenvalue weighted by molar-refractivity contribution is 5.97. The Labute approximate surface area is 321 Å². The van der Waals surface area contributed by atoms with Crippen molar-refractivity contribution in [2.75, 3.05) is 6.54 Å². The van der Waals surface area contributed by atoms with Crippen LogP contribution in [0.2, 0.25) is 0 Å². The predicted octanol–water partition coefficient (Wildman–Crippen LogP) is 4.47. The Morgan fingerprint density at radius 2 is 1.17 bits per heavy atom. The Morgan fingerprint density at radius 3 is 1.65 bits per heavy atom. The number of hydrogen-bond acceptors (Lipinski definition) is 12. The summed E-state index contributed by atoms with van der Waals surface area (Å²) in [6.07, 6.45) is 0.683. The fourth-order valence-electron chi connectivity index (χ4n) is 6.00. The molecule has 0 aliphatic carbocycles. The van der Waals surface area contributed by atoms with Gasteiger partial charge in [0.05, 0.1) is 30.8 Å². The van der Waals surface area contributed by atoms with E-state index in [4.69, 9.17) is 14.2 Å². The third kappa shape index (κ3) is 20.7. The summed E-state index contributed by atoms with van der Waals surface area (Å²) >= 11 is 0. The van der Waals surface area contributed by atoms with Crippen LogP contribution >= 0.6 is 0 Å². The van der Waals surface area contributed by atoms with E-state index in [0.717, 1.165) is 19.4 Å². The van der Waals surface area contributed by atoms with E-state index in [-0.39, 0.29) is 56.1 Å². The Morgan fingerprint density at radius 1 is 0.648 bits per heavy atom. The van der Waals surface area contributed by atoms with Crippen LogP contribution in [0.4, 0.5) is 0 Å². The Bertz CT molecular complexity index is 1330. The molecule has 54 heavy (non-hydrogen) atoms. The Balaban J connectivity index is 3.33. The molecule has 14 nitrogen and oxygen atoms in total. The van der Waals surface area contributed by atoms with Gasteiger partial charge in [-0.15, -0.1) is 0 Å². The van der Waals surface area contributed by atoms with Crippen molar-refractivity contribution >= 4 is 47.1 Å². The minimum atomic E-state index is -1.29. The molecule has 1 rings (SSSR count). The van der Waals surface area contributed by atoms with Gasteiger partial charge in [-0.2, -0.15) is 0 Å². The molecular formula is C40H67N3O11. The van der Waals surface area contributed by atoms with Crippen LogP contribution in [0.3, 0.4) is 0 Å². The maximum Gasteiger partial charge on any atom is 0.308 e. The molecule has 308 valence electrons. The van der Waals surface area contributed by atoms with Gasteiger partial charge in [-0.25, -0.2) is 0 Å². The molecule has 5 atom stereocenters. The zero-order valence-electron chi connectivity index (χ0n) is 34.7. The Hall–Kier alpha value is -3.68. The molecule has 1 fully saturated rings. The SMILES string of the molecule is CC(=O)C[C@@H](CC(=O)OC(C)(C)C)C(=O)N[C@@H](CCC(=O)OC(C)(C)C)C(=O)C[C@H](C(=O)N[C@@H](CC(=O)OC(C)(C)C)C(=O)CC[C@@H]1CCCN1)C(C)C. The first-order chi connectivity index (χ1) is 24.7. The molecule has 2 amide bonds. The van der Waals surface area contributed by atoms with E-state index in [1.54, 1.807) is 76.2 Å². The lowest BCUT2D eigenvalue weighted by Gasteiger charge is -2.27. The third-order valence-corrected chi connectivity index (χ3v) is 8.46. The van der Waals surface area contributed by atoms with Crippen LogP contribution in [0.25, 0.3) is 0 Å². The van der Waals surface area contributed by atoms with Gasteiger partial charge in [0.1, 0.15) is 22.6 Å². The van der Waals surface area contributed by atoms with E-state index in [1.165, 1.54) is 6.92 Å². The van der Waals surface area contributed by atoms with Gasteiger partial charge >= 0.3 is 17.9 Å². The van der Waals surface area contributed by atoms with E-state index in [1.807, 2.05) is 0 Å². The van der Waals surface area contributed by atoms with Gasteiger partial charge in [0.2, 0.25) is 11.8 Å². The zero-order valence-corrected chi connectivity index (χ0v) is 34.7. The lowest BCUT2D eigenvalue weighted by molar-refractivity contribution is -0.158. The number of ether oxygens (including phenoxy) is 3. The molecule has 0 aromatic rings. The number of esters is 3. The summed E-state index contributed by atoms with van der Waals surface area (Å²) in [7, 11) is 0. The highest BCUT2D eigenvalue weighted by Crippen LogP contribution is 2.22. The quantitative estimate of drug-likeness (QED) is 0.110. The number of Topliss-reactive ketones (excluding diaryl/α,β-unsaturated/α-hetero) is 3. The topological polar surface area (TPSA) is 200 Å². The average Bonchev–Trinajstić information content (AvgIpc) is 3.50. The van der Waals surface area contributed by atoms with E-state index in [2.05, 4.69) is 16.0 Å². The van der Waals surface area contributed by atoms with E-state index < -0.39 is 88.6 Å². The summed E-state index contributed by atoms with van der Waals surface area (Å²) in [5, 5.41) is 8.69. The fraction of sp³-hybridized carbons (Fsp3) is 0.800. The monoisotopic (exact) mass is 765 g/mol. The number of nitrogens with one attached hydrogen (secondary N) is 3. The molecule has 1 aliphatic rings. The van der Waals surface area contributed by atoms with Crippen molar-refractivity contribution in [3.63, 3.8) is 0 Å².